The van der Waals surface area contributed by atoms with Crippen LogP contribution in [0.2, 0.25) is 31.7 Å². The number of nitrogens with one attached hydrogen (secondary N) is 5. The van der Waals surface area contributed by atoms with Gasteiger partial charge in [-0.2, -0.15) is 73.7 Å². The van der Waals surface area contributed by atoms with E-state index >= 15 is 0 Å². The van der Waals surface area contributed by atoms with E-state index in [0.29, 0.717) is 51.3 Å². The van der Waals surface area contributed by atoms with Crippen LogP contribution in [0.15, 0.2) is 0 Å². The predicted molar refractivity (Wildman–Crippen MR) is 443 cm³/mol. The van der Waals surface area contributed by atoms with Gasteiger partial charge in [-0.3, -0.25) is 9.27 Å². The van der Waals surface area contributed by atoms with Crippen LogP contribution < -0.4 is 48.8 Å². The number of aromatic nitrogens is 12. The Morgan fingerprint density at radius 3 is 0.953 bits per heavy atom. The predicted octanol–water partition coefficient (Wildman–Crippen LogP) is 18.1. The molecule has 0 spiro atoms. The van der Waals surface area contributed by atoms with Crippen LogP contribution in [-0.4, -0.2) is 133 Å². The van der Waals surface area contributed by atoms with E-state index in [4.69, 9.17) is 91.6 Å². The molecular weight excluding hydrogens is 2430 g/mol. The van der Waals surface area contributed by atoms with Crippen LogP contribution in [0.4, 0.5) is 35.7 Å². The fourth-order valence-corrected chi connectivity index (χ4v) is 4.12. The number of hydrogen-bond donors (Lipinski definition) is 8. The number of halogens is 18. The first-order valence-electron chi connectivity index (χ1n) is 23.1. The van der Waals surface area contributed by atoms with Gasteiger partial charge in [0.1, 0.15) is -0.565 Å². The molecule has 0 fully saturated rings. The van der Waals surface area contributed by atoms with E-state index in [9.17, 15) is 0 Å². The summed E-state index contributed by atoms with van der Waals surface area (Å²) in [5.41, 5.74) is 14.7. The minimum atomic E-state index is -0.278. The van der Waals surface area contributed by atoms with Gasteiger partial charge in [0.2, 0.25) is 61.4 Å². The first-order chi connectivity index (χ1) is 37.7. The number of anilines is 6. The maximum atomic E-state index is 5.72. The van der Waals surface area contributed by atoms with Crippen LogP contribution in [0.1, 0.15) is 94.9 Å². The molecule has 4 aromatic heterocycles. The van der Waals surface area contributed by atoms with Crippen LogP contribution in [0.25, 0.3) is 0 Å². The van der Waals surface area contributed by atoms with Crippen LogP contribution in [0, 0.1) is 18.8 Å². The third kappa shape index (κ3) is 108. The second-order valence-corrected chi connectivity index (χ2v) is 75.4. The molecule has 0 amide bonds. The summed E-state index contributed by atoms with van der Waals surface area (Å²) >= 11 is 54.1. The normalized spacial score (nSPS) is 8.58. The standard InChI is InChI=1S/C10H20N6O.C8H14ClN5.C6H8Cl2N4.C3Cl3N3.C3H9N.C2H3I3.C2H4I.C2H7NO.C2H7N.C2H5.CH3.3ClH.5HI.3V/c1-5-7-12-9-13-8(11-6-2)14-10(15-9)16(3)17-4;1-3-5-11-8-13-6(9)12-7(14-8)10-4-2;1-2-3-9-6-11-4(7)10-5(8)12-6;4-1-7-2(5)9-3(6)8-1;1-2-3-4;1-2(3,4)5;1-2-3;1-4-2-3;1-2-3;1-2;;;;;;;;;;;;/h5-7H2,1-4H3,(H2,11,12,13,14,15);3-5H2,1-2H3,(H2,10,11,12,13,14);2-3H2,1H3,(H,9,10,11,12);;2-4H2,1H3;1H3;2H,1H3;2-3H2,1H3;2-3H2,1H3;1H2,2H3;1H3;8*1H;;;/q;;;;;;-1;;;2*-1;;;;;;;;;;+2;+3/p-5. The largest absolute Gasteiger partial charge is 0 e. The Bertz CT molecular complexity index is 1850. The molecule has 44 heteroatoms. The number of ether oxygens (including phenoxy) is 1. The van der Waals surface area contributed by atoms with Crippen LogP contribution >= 0.6 is 297 Å². The summed E-state index contributed by atoms with van der Waals surface area (Å²) in [4.78, 5) is 51.1. The van der Waals surface area contributed by atoms with E-state index in [1.807, 2.05) is 39.0 Å². The van der Waals surface area contributed by atoms with Crippen molar-refractivity contribution in [2.75, 3.05) is 105 Å². The summed E-state index contributed by atoms with van der Waals surface area (Å²) in [6, 6.07) is 0. The molecule has 4 aromatic rings. The van der Waals surface area contributed by atoms with Crippen LogP contribution in [-0.2, 0) is 42.5 Å². The smallest absolute Gasteiger partial charge is 0 e. The number of nitrogens with two attached hydrogens (primary N) is 3. The second-order valence-electron chi connectivity index (χ2n) is 12.3. The number of alkyl halides is 3. The number of methoxy groups -OCH3 is 1. The topological polar surface area (TPSA) is 315 Å². The van der Waals surface area contributed by atoms with Crippen molar-refractivity contribution >= 4 is 333 Å². The summed E-state index contributed by atoms with van der Waals surface area (Å²) in [5.74, 6) is 3.00. The molecule has 0 aliphatic carbocycles. The third-order valence-electron chi connectivity index (χ3n) is 5.65. The van der Waals surface area contributed by atoms with Crippen molar-refractivity contribution in [3.63, 3.8) is 0 Å². The molecule has 508 valence electrons. The molecule has 4 rings (SSSR count). The Balaban J connectivity index is -0.0000000639. The van der Waals surface area contributed by atoms with E-state index in [-0.39, 0.29) is 99.8 Å². The van der Waals surface area contributed by atoms with Gasteiger partial charge in [0.15, 0.2) is 0 Å². The zero-order valence-electron chi connectivity index (χ0n) is 49.4. The Morgan fingerprint density at radius 2 is 0.753 bits per heavy atom. The Kier molecular flexibility index (Phi) is 133. The first-order valence-corrected chi connectivity index (χ1v) is 52.3. The monoisotopic (exact) mass is 2510 g/mol. The van der Waals surface area contributed by atoms with Gasteiger partial charge >= 0.3 is 114 Å². The minimum Gasteiger partial charge on any atom is 0 e. The summed E-state index contributed by atoms with van der Waals surface area (Å²) < 4.78 is 6.70. The molecular formula is C41H83Cl9I9N21O2V3-3. The number of hydrogen-bond acceptors (Lipinski definition) is 23. The fourth-order valence-electron chi connectivity index (χ4n) is 2.99. The van der Waals surface area contributed by atoms with Crippen molar-refractivity contribution < 1.29 is 42.5 Å². The molecule has 0 aromatic carbocycles. The van der Waals surface area contributed by atoms with Gasteiger partial charge in [-0.1, -0.05) is 102 Å². The van der Waals surface area contributed by atoms with E-state index in [1.54, 1.807) is 28.2 Å². The van der Waals surface area contributed by atoms with Crippen molar-refractivity contribution in [3.8, 4) is 0 Å². The van der Waals surface area contributed by atoms with Crippen molar-refractivity contribution in [1.29, 1.82) is 0 Å². The molecule has 0 saturated heterocycles. The average Bonchev–Trinajstić information content (AvgIpc) is 3.37. The Hall–Kier alpha value is 5.57. The van der Waals surface area contributed by atoms with Crippen LogP contribution in [0.5, 0.6) is 0 Å². The molecule has 23 nitrogen and oxygen atoms in total. The minimum absolute atomic E-state index is 0. The Labute approximate surface area is 690 Å². The van der Waals surface area contributed by atoms with Crippen molar-refractivity contribution in [2.45, 2.75) is 94.4 Å². The zero-order valence-corrected chi connectivity index (χ0v) is 80.0. The maximum Gasteiger partial charge on any atom is 0 e. The number of hydroxylamine groups is 1. The van der Waals surface area contributed by atoms with Crippen molar-refractivity contribution in [1.82, 2.24) is 59.8 Å². The van der Waals surface area contributed by atoms with Gasteiger partial charge in [-0.15, -0.1) is 37.2 Å². The van der Waals surface area contributed by atoms with Gasteiger partial charge < -0.3 is 85.5 Å². The zero-order chi connectivity index (χ0) is 63.9. The van der Waals surface area contributed by atoms with Crippen LogP contribution in [0.3, 0.4) is 0 Å². The quantitative estimate of drug-likeness (QED) is 0.0160. The maximum absolute atomic E-state index is 5.72. The number of rotatable bonds is 17. The van der Waals surface area contributed by atoms with E-state index in [1.165, 1.54) is 5.06 Å². The van der Waals surface area contributed by atoms with Crippen molar-refractivity contribution in [3.05, 3.63) is 50.5 Å². The molecule has 0 aliphatic rings. The molecule has 1 radical (unpaired) electrons. The fraction of sp³-hybridized carbons (Fsp3) is 0.634. The van der Waals surface area contributed by atoms with E-state index in [2.05, 4.69) is 316 Å². The summed E-state index contributed by atoms with van der Waals surface area (Å²) in [6.45, 7) is 29.1. The molecule has 85 heavy (non-hydrogen) atoms. The first kappa shape index (κ1) is 121. The SMILES string of the molecule is CC(I)(I)I.CCCN.CCCNc1nc(Cl)nc(Cl)n1.CCCNc1nc(Cl)nc(NCC)n1.CCCNc1nc(NCC)nc(N(C)OC)n1.CCN.COCN.C[CH-]I.Cl.Cl.Cl.Clc1nc(Cl)nc(Cl)n1.[CH2-]C.[CH3-].[I][V]([I])[I].[I][V][I].[V]. The second kappa shape index (κ2) is 93.8. The van der Waals surface area contributed by atoms with E-state index < -0.39 is 0 Å². The molecule has 0 saturated carbocycles. The van der Waals surface area contributed by atoms with Gasteiger partial charge in [0, 0.05) is 65.4 Å². The molecule has 4 heterocycles. The molecule has 0 atom stereocenters. The molecule has 0 unspecified atom stereocenters. The van der Waals surface area contributed by atoms with Gasteiger partial charge in [0.25, 0.3) is 5.95 Å². The summed E-state index contributed by atoms with van der Waals surface area (Å²) in [6.07, 6.45) is 4.11. The summed E-state index contributed by atoms with van der Waals surface area (Å²) in [7, 11) is 5.49. The van der Waals surface area contributed by atoms with E-state index in [0.717, 1.165) is 71.5 Å². The molecule has 0 aliphatic heterocycles. The molecule has 0 bridgehead atoms. The Morgan fingerprint density at radius 1 is 0.565 bits per heavy atom. The van der Waals surface area contributed by atoms with Crippen molar-refractivity contribution in [2.24, 2.45) is 17.2 Å². The van der Waals surface area contributed by atoms with Gasteiger partial charge in [0.05, 0.1) is 13.8 Å². The van der Waals surface area contributed by atoms with Gasteiger partial charge in [-0.05, 0) is 129 Å². The molecule has 11 N–H and O–H groups in total. The summed E-state index contributed by atoms with van der Waals surface area (Å²) in [5, 5.41) is 17.1. The number of nitrogens with zero attached hydrogens (tertiary/aromatic N) is 13. The van der Waals surface area contributed by atoms with Gasteiger partial charge in [-0.25, -0.2) is 5.06 Å². The third-order valence-corrected chi connectivity index (χ3v) is 6.66. The average molecular weight is 2520 g/mol.